The smallest absolute Gasteiger partial charge is 0.144 e. The Hall–Kier alpha value is -0.990. The Balaban J connectivity index is 6.13. The predicted octanol–water partition coefficient (Wildman–Crippen LogP) is 2.96. The molecule has 0 N–H and O–H groups in total. The molecule has 17 heavy (non-hydrogen) atoms. The number of hydrogen-bond acceptors (Lipinski definition) is 3. The second-order valence-corrected chi connectivity index (χ2v) is 4.72. The summed E-state index contributed by atoms with van der Waals surface area (Å²) in [6.45, 7) is 9.90. The molecule has 0 saturated heterocycles. The van der Waals surface area contributed by atoms with Crippen molar-refractivity contribution in [3.63, 3.8) is 0 Å². The first-order valence-electron chi connectivity index (χ1n) is 6.29. The highest BCUT2D eigenvalue weighted by atomic mass is 16.2. The summed E-state index contributed by atoms with van der Waals surface area (Å²) in [6, 6.07) is 0. The number of Topliss-reactive ketones (excluding diaryl/α,β-unsaturated/α-hetero) is 3. The molecule has 0 saturated carbocycles. The third kappa shape index (κ3) is 2.07. The van der Waals surface area contributed by atoms with Crippen LogP contribution in [0.3, 0.4) is 0 Å². The van der Waals surface area contributed by atoms with E-state index in [9.17, 15) is 14.4 Å². The molecule has 0 aliphatic rings. The van der Waals surface area contributed by atoms with Gasteiger partial charge in [0.25, 0.3) is 0 Å². The Morgan fingerprint density at radius 3 is 1.12 bits per heavy atom. The van der Waals surface area contributed by atoms with E-state index < -0.39 is 10.8 Å². The Morgan fingerprint density at radius 1 is 0.706 bits per heavy atom. The minimum atomic E-state index is -1.15. The summed E-state index contributed by atoms with van der Waals surface area (Å²) in [5, 5.41) is 0. The van der Waals surface area contributed by atoms with Gasteiger partial charge in [-0.25, -0.2) is 0 Å². The molecule has 98 valence electrons. The highest BCUT2D eigenvalue weighted by molar-refractivity contribution is 6.10. The van der Waals surface area contributed by atoms with E-state index in [1.54, 1.807) is 0 Å². The summed E-state index contributed by atoms with van der Waals surface area (Å²) in [7, 11) is 0. The van der Waals surface area contributed by atoms with E-state index in [0.717, 1.165) is 0 Å². The van der Waals surface area contributed by atoms with Crippen molar-refractivity contribution in [2.45, 2.75) is 60.8 Å². The SMILES string of the molecule is CCC(CC)(C(C)=O)C(CC)(C(C)=O)C(C)=O. The molecule has 0 aromatic heterocycles. The van der Waals surface area contributed by atoms with Gasteiger partial charge in [0, 0.05) is 5.41 Å². The molecule has 0 aliphatic heterocycles. The topological polar surface area (TPSA) is 51.2 Å². The van der Waals surface area contributed by atoms with Gasteiger partial charge >= 0.3 is 0 Å². The van der Waals surface area contributed by atoms with Gasteiger partial charge in [0.1, 0.15) is 17.3 Å². The normalized spacial score (nSPS) is 12.4. The third-order valence-electron chi connectivity index (χ3n) is 4.43. The molecule has 3 heteroatoms. The fourth-order valence-electron chi connectivity index (χ4n) is 3.41. The summed E-state index contributed by atoms with van der Waals surface area (Å²) < 4.78 is 0. The summed E-state index contributed by atoms with van der Waals surface area (Å²) in [5.74, 6) is -0.437. The van der Waals surface area contributed by atoms with E-state index in [-0.39, 0.29) is 17.3 Å². The highest BCUT2D eigenvalue weighted by Crippen LogP contribution is 2.49. The monoisotopic (exact) mass is 240 g/mol. The van der Waals surface area contributed by atoms with Crippen molar-refractivity contribution in [2.75, 3.05) is 0 Å². The molecule has 3 nitrogen and oxygen atoms in total. The van der Waals surface area contributed by atoms with Gasteiger partial charge in [0.2, 0.25) is 0 Å². The molecule has 0 aromatic carbocycles. The van der Waals surface area contributed by atoms with Crippen LogP contribution >= 0.6 is 0 Å². The molecule has 0 unspecified atom stereocenters. The Labute approximate surface area is 104 Å². The maximum absolute atomic E-state index is 12.0. The lowest BCUT2D eigenvalue weighted by molar-refractivity contribution is -0.157. The van der Waals surface area contributed by atoms with Crippen molar-refractivity contribution in [2.24, 2.45) is 10.8 Å². The molecule has 0 amide bonds. The largest absolute Gasteiger partial charge is 0.299 e. The van der Waals surface area contributed by atoms with Crippen molar-refractivity contribution < 1.29 is 14.4 Å². The van der Waals surface area contributed by atoms with E-state index in [2.05, 4.69) is 0 Å². The molecule has 0 spiro atoms. The second kappa shape index (κ2) is 5.56. The number of rotatable bonds is 7. The first-order chi connectivity index (χ1) is 7.76. The van der Waals surface area contributed by atoms with Gasteiger partial charge in [-0.2, -0.15) is 0 Å². The number of carbonyl (C=O) groups is 3. The van der Waals surface area contributed by atoms with Gasteiger partial charge in [-0.1, -0.05) is 20.8 Å². The quantitative estimate of drug-likeness (QED) is 0.643. The molecule has 0 radical (unpaired) electrons. The molecule has 0 bridgehead atoms. The van der Waals surface area contributed by atoms with E-state index >= 15 is 0 Å². The van der Waals surface area contributed by atoms with Crippen LogP contribution in [0.1, 0.15) is 60.8 Å². The minimum absolute atomic E-state index is 0.0604. The summed E-state index contributed by atoms with van der Waals surface area (Å²) in [4.78, 5) is 36.1. The van der Waals surface area contributed by atoms with E-state index in [4.69, 9.17) is 0 Å². The lowest BCUT2D eigenvalue weighted by atomic mass is 9.54. The first-order valence-corrected chi connectivity index (χ1v) is 6.29. The zero-order chi connectivity index (χ0) is 13.9. The molecule has 0 rings (SSSR count). The zero-order valence-corrected chi connectivity index (χ0v) is 11.8. The van der Waals surface area contributed by atoms with Gasteiger partial charge in [-0.15, -0.1) is 0 Å². The number of ketones is 3. The fraction of sp³-hybridized carbons (Fsp3) is 0.786. The maximum atomic E-state index is 12.0. The van der Waals surface area contributed by atoms with Crippen LogP contribution < -0.4 is 0 Å². The van der Waals surface area contributed by atoms with E-state index in [0.29, 0.717) is 19.3 Å². The van der Waals surface area contributed by atoms with Crippen LogP contribution in [-0.2, 0) is 14.4 Å². The molecule has 0 heterocycles. The van der Waals surface area contributed by atoms with Gasteiger partial charge in [0.15, 0.2) is 0 Å². The lowest BCUT2D eigenvalue weighted by Gasteiger charge is -2.45. The van der Waals surface area contributed by atoms with Crippen LogP contribution in [0.25, 0.3) is 0 Å². The molecular weight excluding hydrogens is 216 g/mol. The minimum Gasteiger partial charge on any atom is -0.299 e. The van der Waals surface area contributed by atoms with Gasteiger partial charge in [0.05, 0.1) is 5.41 Å². The van der Waals surface area contributed by atoms with E-state index in [1.165, 1.54) is 20.8 Å². The molecule has 0 fully saturated rings. The van der Waals surface area contributed by atoms with Crippen molar-refractivity contribution in [3.05, 3.63) is 0 Å². The number of carbonyl (C=O) groups excluding carboxylic acids is 3. The molecule has 0 atom stereocenters. The lowest BCUT2D eigenvalue weighted by Crippen LogP contribution is -2.54. The van der Waals surface area contributed by atoms with Gasteiger partial charge < -0.3 is 0 Å². The van der Waals surface area contributed by atoms with Crippen molar-refractivity contribution >= 4 is 17.3 Å². The van der Waals surface area contributed by atoms with Crippen LogP contribution in [0, 0.1) is 10.8 Å². The van der Waals surface area contributed by atoms with Crippen LogP contribution in [-0.4, -0.2) is 17.3 Å². The summed E-state index contributed by atoms with van der Waals surface area (Å²) >= 11 is 0. The van der Waals surface area contributed by atoms with Crippen molar-refractivity contribution in [1.82, 2.24) is 0 Å². The van der Waals surface area contributed by atoms with Crippen LogP contribution in [0.15, 0.2) is 0 Å². The highest BCUT2D eigenvalue weighted by Gasteiger charge is 2.57. The second-order valence-electron chi connectivity index (χ2n) is 4.72. The van der Waals surface area contributed by atoms with Crippen LogP contribution in [0.2, 0.25) is 0 Å². The summed E-state index contributed by atoms with van der Waals surface area (Å²) in [5.41, 5.74) is -2.00. The van der Waals surface area contributed by atoms with Gasteiger partial charge in [-0.3, -0.25) is 14.4 Å². The van der Waals surface area contributed by atoms with Crippen LogP contribution in [0.5, 0.6) is 0 Å². The van der Waals surface area contributed by atoms with E-state index in [1.807, 2.05) is 20.8 Å². The maximum Gasteiger partial charge on any atom is 0.144 e. The summed E-state index contributed by atoms with van der Waals surface area (Å²) in [6.07, 6.45) is 1.43. The predicted molar refractivity (Wildman–Crippen MR) is 67.8 cm³/mol. The van der Waals surface area contributed by atoms with Crippen LogP contribution in [0.4, 0.5) is 0 Å². The first kappa shape index (κ1) is 16.0. The fourth-order valence-corrected chi connectivity index (χ4v) is 3.41. The zero-order valence-electron chi connectivity index (χ0n) is 11.8. The Bertz CT molecular complexity index is 310. The average molecular weight is 240 g/mol. The van der Waals surface area contributed by atoms with Gasteiger partial charge in [-0.05, 0) is 40.0 Å². The Kier molecular flexibility index (Phi) is 5.24. The third-order valence-corrected chi connectivity index (χ3v) is 4.43. The average Bonchev–Trinajstić information content (AvgIpc) is 2.24. The standard InChI is InChI=1S/C14H24O3/c1-7-13(8-2,10(4)15)14(9-3,11(5)16)12(6)17/h7-9H2,1-6H3. The van der Waals surface area contributed by atoms with Crippen molar-refractivity contribution in [1.29, 1.82) is 0 Å². The molecular formula is C14H24O3. The molecule has 0 aliphatic carbocycles. The Morgan fingerprint density at radius 2 is 1.06 bits per heavy atom. The molecule has 0 aromatic rings. The number of hydrogen-bond donors (Lipinski definition) is 0. The van der Waals surface area contributed by atoms with Crippen molar-refractivity contribution in [3.8, 4) is 0 Å².